The average Bonchev–Trinajstić information content (AvgIpc) is 3.33. The quantitative estimate of drug-likeness (QED) is 0.263. The molecule has 5 aliphatic rings. The van der Waals surface area contributed by atoms with E-state index in [1.165, 1.54) is 7.11 Å². The summed E-state index contributed by atoms with van der Waals surface area (Å²) in [5.74, 6) is -2.55. The van der Waals surface area contributed by atoms with Gasteiger partial charge in [-0.25, -0.2) is 0 Å². The molecule has 7 rings (SSSR count). The monoisotopic (exact) mass is 544 g/mol. The van der Waals surface area contributed by atoms with E-state index in [1.807, 2.05) is 74.6 Å². The lowest BCUT2D eigenvalue weighted by molar-refractivity contribution is -0.225. The number of fused-ring (bicyclic) bond motifs is 4. The van der Waals surface area contributed by atoms with Crippen molar-refractivity contribution in [1.29, 1.82) is 0 Å². The molecular weight excluding hydrogens is 512 g/mol. The largest absolute Gasteiger partial charge is 0.468 e. The highest BCUT2D eigenvalue weighted by Crippen LogP contribution is 2.75. The van der Waals surface area contributed by atoms with Crippen LogP contribution in [0.5, 0.6) is 0 Å². The molecule has 3 saturated heterocycles. The number of anilines is 1. The van der Waals surface area contributed by atoms with E-state index in [4.69, 9.17) is 18.9 Å². The number of piperidine rings is 1. The Morgan fingerprint density at radius 3 is 2.58 bits per heavy atom. The lowest BCUT2D eigenvalue weighted by atomic mass is 9.42. The van der Waals surface area contributed by atoms with Crippen molar-refractivity contribution in [2.75, 3.05) is 32.6 Å². The first kappa shape index (κ1) is 25.3. The van der Waals surface area contributed by atoms with E-state index >= 15 is 0 Å². The number of methoxy groups -OCH3 is 1. The predicted octanol–water partition coefficient (Wildman–Crippen LogP) is 2.90. The molecule has 1 N–H and O–H groups in total. The number of esters is 3. The molecule has 4 heterocycles. The number of ether oxygens (including phenoxy) is 4. The molecule has 1 saturated carbocycles. The van der Waals surface area contributed by atoms with Gasteiger partial charge in [-0.1, -0.05) is 54.6 Å². The molecule has 2 aromatic carbocycles. The number of para-hydroxylation sites is 1. The third-order valence-corrected chi connectivity index (χ3v) is 10.0. The molecule has 2 aromatic rings. The molecule has 7 atom stereocenters. The van der Waals surface area contributed by atoms with Crippen molar-refractivity contribution < 1.29 is 33.3 Å². The van der Waals surface area contributed by atoms with Crippen molar-refractivity contribution in [3.05, 3.63) is 71.8 Å². The molecule has 9 nitrogen and oxygen atoms in total. The molecule has 7 unspecified atom stereocenters. The Balaban J connectivity index is 1.42. The predicted molar refractivity (Wildman–Crippen MR) is 144 cm³/mol. The number of hydrogen-bond acceptors (Lipinski definition) is 9. The Bertz CT molecular complexity index is 1440. The molecule has 0 amide bonds. The van der Waals surface area contributed by atoms with Gasteiger partial charge in [0.15, 0.2) is 5.41 Å². The van der Waals surface area contributed by atoms with Gasteiger partial charge in [-0.05, 0) is 43.7 Å². The van der Waals surface area contributed by atoms with Crippen LogP contribution in [0.15, 0.2) is 60.7 Å². The van der Waals surface area contributed by atoms with E-state index in [2.05, 4.69) is 10.2 Å². The van der Waals surface area contributed by atoms with Gasteiger partial charge in [-0.15, -0.1) is 0 Å². The maximum absolute atomic E-state index is 14.7. The molecule has 4 aliphatic heterocycles. The van der Waals surface area contributed by atoms with Crippen molar-refractivity contribution in [3.63, 3.8) is 0 Å². The number of carbonyl (C=O) groups is 3. The Morgan fingerprint density at radius 2 is 1.85 bits per heavy atom. The first-order valence-corrected chi connectivity index (χ1v) is 13.7. The zero-order valence-electron chi connectivity index (χ0n) is 22.7. The van der Waals surface area contributed by atoms with Crippen molar-refractivity contribution in [1.82, 2.24) is 4.90 Å². The van der Waals surface area contributed by atoms with Crippen molar-refractivity contribution in [2.24, 2.45) is 11.3 Å². The first-order chi connectivity index (χ1) is 19.3. The summed E-state index contributed by atoms with van der Waals surface area (Å²) in [6.45, 7) is 2.37. The van der Waals surface area contributed by atoms with Gasteiger partial charge in [0.05, 0.1) is 31.1 Å². The lowest BCUT2D eigenvalue weighted by Crippen LogP contribution is -2.81. The minimum atomic E-state index is -1.91. The minimum Gasteiger partial charge on any atom is -0.468 e. The highest BCUT2D eigenvalue weighted by atomic mass is 16.6. The fourth-order valence-corrected chi connectivity index (χ4v) is 8.54. The number of rotatable bonds is 5. The maximum atomic E-state index is 14.7. The summed E-state index contributed by atoms with van der Waals surface area (Å²) >= 11 is 0. The van der Waals surface area contributed by atoms with Gasteiger partial charge in [-0.2, -0.15) is 0 Å². The summed E-state index contributed by atoms with van der Waals surface area (Å²) in [5, 5.41) is 3.50. The number of carbonyl (C=O) groups excluding carboxylic acids is 3. The van der Waals surface area contributed by atoms with Gasteiger partial charge in [0.1, 0.15) is 12.2 Å². The second-order valence-corrected chi connectivity index (χ2v) is 11.6. The highest BCUT2D eigenvalue weighted by molar-refractivity contribution is 6.06. The first-order valence-electron chi connectivity index (χ1n) is 13.7. The molecule has 40 heavy (non-hydrogen) atoms. The van der Waals surface area contributed by atoms with E-state index in [0.717, 1.165) is 11.3 Å². The van der Waals surface area contributed by atoms with E-state index in [9.17, 15) is 14.4 Å². The maximum Gasteiger partial charge on any atom is 0.325 e. The van der Waals surface area contributed by atoms with Crippen LogP contribution in [-0.4, -0.2) is 73.6 Å². The van der Waals surface area contributed by atoms with Gasteiger partial charge in [0, 0.05) is 18.2 Å². The summed E-state index contributed by atoms with van der Waals surface area (Å²) in [5.41, 5.74) is -3.11. The second kappa shape index (κ2) is 8.41. The fraction of sp³-hybridized carbons (Fsp3) is 0.452. The number of nitrogens with zero attached hydrogens (tertiary/aromatic N) is 1. The van der Waals surface area contributed by atoms with Crippen LogP contribution in [0.4, 0.5) is 5.69 Å². The van der Waals surface area contributed by atoms with Crippen molar-refractivity contribution >= 4 is 29.7 Å². The van der Waals surface area contributed by atoms with Crippen LogP contribution in [0.25, 0.3) is 6.08 Å². The number of benzene rings is 2. The van der Waals surface area contributed by atoms with Gasteiger partial charge in [0.2, 0.25) is 5.72 Å². The average molecular weight is 545 g/mol. The Morgan fingerprint density at radius 1 is 1.12 bits per heavy atom. The normalized spacial score (nSPS) is 38.7. The summed E-state index contributed by atoms with van der Waals surface area (Å²) in [6, 6.07) is 16.8. The van der Waals surface area contributed by atoms with Crippen molar-refractivity contribution in [3.8, 4) is 0 Å². The molecule has 1 spiro atoms. The number of nitrogens with one attached hydrogen (secondary N) is 1. The number of epoxide rings is 1. The molecule has 9 heteroatoms. The summed E-state index contributed by atoms with van der Waals surface area (Å²) in [6.07, 6.45) is 3.61. The van der Waals surface area contributed by atoms with Gasteiger partial charge in [0.25, 0.3) is 0 Å². The summed E-state index contributed by atoms with van der Waals surface area (Å²) in [7, 11) is 3.26. The van der Waals surface area contributed by atoms with Crippen LogP contribution < -0.4 is 5.32 Å². The molecule has 208 valence electrons. The Labute approximate surface area is 232 Å². The fourth-order valence-electron chi connectivity index (χ4n) is 8.54. The third kappa shape index (κ3) is 2.86. The van der Waals surface area contributed by atoms with E-state index < -0.39 is 46.0 Å². The van der Waals surface area contributed by atoms with Crippen LogP contribution in [0.3, 0.4) is 0 Å². The standard InChI is InChI=1S/C31H32N2O7/c1-19-28(39-19)18-33(2)24-16-23(28)30(26(35)37-3,27(36)38-15-9-12-20-10-5-4-6-11-20)29-17-25(34)40-31(24,29)32-22-14-8-7-13-21(22)29/h4-14,19,23-24,32H,15-18H2,1-3H3. The Kier molecular flexibility index (Phi) is 5.32. The lowest BCUT2D eigenvalue weighted by Gasteiger charge is -2.63. The molecule has 0 aromatic heterocycles. The molecular formula is C31H32N2O7. The number of hydrogen-bond donors (Lipinski definition) is 1. The zero-order valence-corrected chi connectivity index (χ0v) is 22.7. The van der Waals surface area contributed by atoms with Crippen LogP contribution in [0.1, 0.15) is 30.9 Å². The molecule has 1 aliphatic carbocycles. The smallest absolute Gasteiger partial charge is 0.325 e. The van der Waals surface area contributed by atoms with Gasteiger partial charge in [-0.3, -0.25) is 19.3 Å². The highest BCUT2D eigenvalue weighted by Gasteiger charge is 2.90. The summed E-state index contributed by atoms with van der Waals surface area (Å²) in [4.78, 5) is 44.6. The topological polar surface area (TPSA) is 107 Å². The molecule has 4 fully saturated rings. The van der Waals surface area contributed by atoms with Crippen LogP contribution in [-0.2, 0) is 38.7 Å². The second-order valence-electron chi connectivity index (χ2n) is 11.6. The molecule has 0 radical (unpaired) electrons. The van der Waals surface area contributed by atoms with E-state index in [0.29, 0.717) is 18.5 Å². The molecule has 2 bridgehead atoms. The third-order valence-electron chi connectivity index (χ3n) is 10.0. The van der Waals surface area contributed by atoms with Gasteiger partial charge < -0.3 is 24.3 Å². The number of likely N-dealkylation sites (N-methyl/N-ethyl adjacent to an activating group) is 1. The zero-order chi connectivity index (χ0) is 27.9. The minimum absolute atomic E-state index is 0.0567. The van der Waals surface area contributed by atoms with Crippen LogP contribution >= 0.6 is 0 Å². The summed E-state index contributed by atoms with van der Waals surface area (Å²) < 4.78 is 24.0. The van der Waals surface area contributed by atoms with E-state index in [-0.39, 0.29) is 25.2 Å². The van der Waals surface area contributed by atoms with Crippen molar-refractivity contribution in [2.45, 2.75) is 48.7 Å². The van der Waals surface area contributed by atoms with Gasteiger partial charge >= 0.3 is 17.9 Å². The van der Waals surface area contributed by atoms with Crippen LogP contribution in [0.2, 0.25) is 0 Å². The Hall–Kier alpha value is -3.69. The van der Waals surface area contributed by atoms with E-state index in [1.54, 1.807) is 6.08 Å². The SMILES string of the molecule is COC(=O)C1(C(=O)OCC=Cc2ccccc2)C2CC(N(C)CC23OC3C)C23Nc4ccccc4C21CC(=O)O3. The number of likely N-dealkylation sites (tertiary alicyclic amines) is 1. The van der Waals surface area contributed by atoms with Crippen LogP contribution in [0, 0.1) is 11.3 Å².